The van der Waals surface area contributed by atoms with Crippen LogP contribution in [0.4, 0.5) is 79.0 Å². The largest absolute Gasteiger partial charge is 0.405 e. The van der Waals surface area contributed by atoms with Crippen LogP contribution < -0.4 is 0 Å². The van der Waals surface area contributed by atoms with Crippen molar-refractivity contribution >= 4 is 0 Å². The summed E-state index contributed by atoms with van der Waals surface area (Å²) >= 11 is 0. The monoisotopic (exact) mass is 452 g/mol. The van der Waals surface area contributed by atoms with Gasteiger partial charge in [-0.3, -0.25) is 0 Å². The van der Waals surface area contributed by atoms with Crippen LogP contribution in [0.3, 0.4) is 0 Å². The van der Waals surface area contributed by atoms with Gasteiger partial charge in [-0.15, -0.1) is 0 Å². The summed E-state index contributed by atoms with van der Waals surface area (Å²) in [5, 5.41) is 0. The van der Waals surface area contributed by atoms with Gasteiger partial charge in [0.1, 0.15) is 0 Å². The van der Waals surface area contributed by atoms with E-state index in [1.54, 1.807) is 0 Å². The molecule has 0 aromatic heterocycles. The van der Waals surface area contributed by atoms with Crippen molar-refractivity contribution in [3.8, 4) is 0 Å². The highest BCUT2D eigenvalue weighted by Crippen LogP contribution is 2.70. The molecule has 0 nitrogen and oxygen atoms in total. The van der Waals surface area contributed by atoms with Gasteiger partial charge in [-0.25, -0.2) is 0 Å². The second-order valence-corrected chi connectivity index (χ2v) is 4.90. The van der Waals surface area contributed by atoms with Crippen molar-refractivity contribution in [1.29, 1.82) is 0 Å². The standard InChI is InChI=1S/C9H2F18/c10-4(11,12)1(5(13,14)15)3(8(22,23)24,9(25,26)27)2(6(16,17)18)7(19,20)21/h1-2H. The molecule has 0 heterocycles. The molecule has 0 saturated heterocycles. The first kappa shape index (κ1) is 25.7. The van der Waals surface area contributed by atoms with E-state index in [0.717, 1.165) is 0 Å². The van der Waals surface area contributed by atoms with Crippen molar-refractivity contribution in [2.75, 3.05) is 0 Å². The molecule has 0 atom stereocenters. The molecule has 0 radical (unpaired) electrons. The highest BCUT2D eigenvalue weighted by Gasteiger charge is 2.92. The molecule has 0 amide bonds. The van der Waals surface area contributed by atoms with Gasteiger partial charge < -0.3 is 0 Å². The molecule has 0 aliphatic carbocycles. The Labute approximate surface area is 135 Å². The lowest BCUT2D eigenvalue weighted by Crippen LogP contribution is -2.71. The summed E-state index contributed by atoms with van der Waals surface area (Å²) < 4.78 is 226. The second-order valence-electron chi connectivity index (χ2n) is 4.90. The van der Waals surface area contributed by atoms with E-state index in [2.05, 4.69) is 0 Å². The molecule has 0 unspecified atom stereocenters. The Morgan fingerprint density at radius 2 is 0.444 bits per heavy atom. The van der Waals surface area contributed by atoms with E-state index in [4.69, 9.17) is 0 Å². The minimum absolute atomic E-state index is 7.12. The van der Waals surface area contributed by atoms with Crippen LogP contribution in [0.25, 0.3) is 0 Å². The smallest absolute Gasteiger partial charge is 0.170 e. The molecule has 0 aliphatic rings. The molecule has 164 valence electrons. The van der Waals surface area contributed by atoms with Gasteiger partial charge in [0.15, 0.2) is 11.8 Å². The van der Waals surface area contributed by atoms with Gasteiger partial charge >= 0.3 is 37.1 Å². The maximum Gasteiger partial charge on any atom is 0.405 e. The van der Waals surface area contributed by atoms with Crippen LogP contribution in [0.1, 0.15) is 0 Å². The van der Waals surface area contributed by atoms with Crippen molar-refractivity contribution in [2.45, 2.75) is 37.1 Å². The maximum atomic E-state index is 12.8. The van der Waals surface area contributed by atoms with Crippen LogP contribution in [0, 0.1) is 17.3 Å². The lowest BCUT2D eigenvalue weighted by molar-refractivity contribution is -0.482. The average Bonchev–Trinajstić information content (AvgIpc) is 2.15. The van der Waals surface area contributed by atoms with Crippen LogP contribution in [0.2, 0.25) is 0 Å². The van der Waals surface area contributed by atoms with Crippen molar-refractivity contribution in [2.24, 2.45) is 17.3 Å². The van der Waals surface area contributed by atoms with Gasteiger partial charge in [0, 0.05) is 0 Å². The molecule has 0 bridgehead atoms. The van der Waals surface area contributed by atoms with E-state index in [1.807, 2.05) is 0 Å². The fourth-order valence-corrected chi connectivity index (χ4v) is 2.39. The van der Waals surface area contributed by atoms with Gasteiger partial charge in [0.25, 0.3) is 0 Å². The topological polar surface area (TPSA) is 0 Å². The zero-order chi connectivity index (χ0) is 22.7. The molecule has 0 N–H and O–H groups in total. The highest BCUT2D eigenvalue weighted by molar-refractivity contribution is 5.10. The number of hydrogen-bond donors (Lipinski definition) is 0. The average molecular weight is 452 g/mol. The number of hydrogen-bond acceptors (Lipinski definition) is 0. The van der Waals surface area contributed by atoms with Gasteiger partial charge in [-0.2, -0.15) is 79.0 Å². The Bertz CT molecular complexity index is 426. The van der Waals surface area contributed by atoms with Crippen LogP contribution >= 0.6 is 0 Å². The highest BCUT2D eigenvalue weighted by atomic mass is 19.4. The summed E-state index contributed by atoms with van der Waals surface area (Å²) in [6, 6.07) is 0. The molecule has 18 heteroatoms. The third kappa shape index (κ3) is 4.60. The number of rotatable bonds is 2. The SMILES string of the molecule is FC(F)(F)C(C(F)(F)F)C(C(C(F)(F)F)C(F)(F)F)(C(F)(F)F)C(F)(F)F. The normalized spacial score (nSPS) is 16.4. The maximum absolute atomic E-state index is 12.8. The van der Waals surface area contributed by atoms with Crippen LogP contribution in [-0.4, -0.2) is 37.1 Å². The third-order valence-electron chi connectivity index (χ3n) is 3.16. The van der Waals surface area contributed by atoms with E-state index >= 15 is 0 Å². The first-order valence-corrected chi connectivity index (χ1v) is 5.63. The van der Waals surface area contributed by atoms with E-state index in [-0.39, 0.29) is 0 Å². The summed E-state index contributed by atoms with van der Waals surface area (Å²) in [6.45, 7) is 0. The Kier molecular flexibility index (Phi) is 6.08. The second kappa shape index (κ2) is 6.38. The molecule has 0 aliphatic heterocycles. The lowest BCUT2D eigenvalue weighted by atomic mass is 9.63. The van der Waals surface area contributed by atoms with E-state index < -0.39 is 54.3 Å². The summed E-state index contributed by atoms with van der Waals surface area (Å²) in [5.41, 5.74) is -8.35. The predicted molar refractivity (Wildman–Crippen MR) is 45.7 cm³/mol. The van der Waals surface area contributed by atoms with E-state index in [1.165, 1.54) is 0 Å². The Morgan fingerprint density at radius 1 is 0.296 bits per heavy atom. The first-order chi connectivity index (χ1) is 11.2. The molecule has 0 spiro atoms. The summed E-state index contributed by atoms with van der Waals surface area (Å²) in [6.07, 6.45) is -48.1. The molecular formula is C9H2F18. The molecule has 0 saturated carbocycles. The quantitative estimate of drug-likeness (QED) is 0.416. The van der Waals surface area contributed by atoms with Gasteiger partial charge in [0.05, 0.1) is 0 Å². The predicted octanol–water partition coefficient (Wildman–Crippen LogP) is 6.58. The summed E-state index contributed by atoms with van der Waals surface area (Å²) in [5.74, 6) is -14.2. The van der Waals surface area contributed by atoms with Crippen LogP contribution in [0.15, 0.2) is 0 Å². The third-order valence-corrected chi connectivity index (χ3v) is 3.16. The van der Waals surface area contributed by atoms with Gasteiger partial charge in [-0.1, -0.05) is 0 Å². The Balaban J connectivity index is 7.75. The zero-order valence-corrected chi connectivity index (χ0v) is 11.5. The van der Waals surface area contributed by atoms with E-state index in [9.17, 15) is 79.0 Å². The molecule has 27 heavy (non-hydrogen) atoms. The molecular weight excluding hydrogens is 450 g/mol. The fraction of sp³-hybridized carbons (Fsp3) is 1.00. The zero-order valence-electron chi connectivity index (χ0n) is 11.5. The van der Waals surface area contributed by atoms with Crippen molar-refractivity contribution in [3.63, 3.8) is 0 Å². The Hall–Kier alpha value is -1.26. The van der Waals surface area contributed by atoms with Crippen LogP contribution in [0.5, 0.6) is 0 Å². The minimum Gasteiger partial charge on any atom is -0.170 e. The van der Waals surface area contributed by atoms with Gasteiger partial charge in [-0.05, 0) is 0 Å². The summed E-state index contributed by atoms with van der Waals surface area (Å²) in [7, 11) is 0. The number of alkyl halides is 18. The lowest BCUT2D eigenvalue weighted by Gasteiger charge is -2.48. The molecule has 0 aromatic rings. The van der Waals surface area contributed by atoms with Crippen LogP contribution in [-0.2, 0) is 0 Å². The molecule has 0 aromatic carbocycles. The van der Waals surface area contributed by atoms with Crippen molar-refractivity contribution < 1.29 is 79.0 Å². The summed E-state index contributed by atoms with van der Waals surface area (Å²) in [4.78, 5) is 0. The van der Waals surface area contributed by atoms with Crippen molar-refractivity contribution in [3.05, 3.63) is 0 Å². The number of halogens is 18. The minimum atomic E-state index is -8.35. The van der Waals surface area contributed by atoms with Crippen molar-refractivity contribution in [1.82, 2.24) is 0 Å². The molecule has 0 rings (SSSR count). The van der Waals surface area contributed by atoms with E-state index in [0.29, 0.717) is 0 Å². The fourth-order valence-electron chi connectivity index (χ4n) is 2.39. The Morgan fingerprint density at radius 3 is 0.519 bits per heavy atom. The first-order valence-electron chi connectivity index (χ1n) is 5.63. The molecule has 0 fully saturated rings. The van der Waals surface area contributed by atoms with Gasteiger partial charge in [0.2, 0.25) is 5.41 Å².